The fourth-order valence-corrected chi connectivity index (χ4v) is 2.47. The van der Waals surface area contributed by atoms with E-state index in [1.54, 1.807) is 42.5 Å². The predicted octanol–water partition coefficient (Wildman–Crippen LogP) is 3.06. The molecule has 2 aromatic carbocycles. The number of hydrogen-bond acceptors (Lipinski definition) is 3. The Bertz CT molecular complexity index is 803. The van der Waals surface area contributed by atoms with Gasteiger partial charge in [0.25, 0.3) is 0 Å². The Hall–Kier alpha value is -3.02. The maximum atomic E-state index is 13.7. The molecule has 2 rings (SSSR count). The molecule has 0 unspecified atom stereocenters. The molecule has 0 saturated carbocycles. The lowest BCUT2D eigenvalue weighted by molar-refractivity contribution is -0.132. The van der Waals surface area contributed by atoms with E-state index >= 15 is 0 Å². The maximum Gasteiger partial charge on any atom is 0.243 e. The van der Waals surface area contributed by atoms with Crippen LogP contribution in [-0.2, 0) is 16.0 Å². The zero-order valence-corrected chi connectivity index (χ0v) is 14.8. The summed E-state index contributed by atoms with van der Waals surface area (Å²) >= 11 is 0. The smallest absolute Gasteiger partial charge is 0.243 e. The van der Waals surface area contributed by atoms with Crippen LogP contribution in [0.1, 0.15) is 29.8 Å². The summed E-state index contributed by atoms with van der Waals surface area (Å²) in [6.45, 7) is 2.95. The van der Waals surface area contributed by atoms with E-state index in [4.69, 9.17) is 0 Å². The van der Waals surface area contributed by atoms with Crippen LogP contribution >= 0.6 is 0 Å². The van der Waals surface area contributed by atoms with Gasteiger partial charge in [-0.15, -0.1) is 0 Å². The number of carbonyl (C=O) groups is 3. The van der Waals surface area contributed by atoms with Gasteiger partial charge in [0.15, 0.2) is 5.78 Å². The third-order valence-electron chi connectivity index (χ3n) is 3.96. The van der Waals surface area contributed by atoms with E-state index < -0.39 is 0 Å². The van der Waals surface area contributed by atoms with E-state index in [0.717, 1.165) is 0 Å². The van der Waals surface area contributed by atoms with Crippen LogP contribution in [0.5, 0.6) is 0 Å². The molecule has 0 spiro atoms. The largest absolute Gasteiger partial charge is 0.333 e. The number of amides is 2. The zero-order chi connectivity index (χ0) is 19.1. The van der Waals surface area contributed by atoms with Gasteiger partial charge in [0.05, 0.1) is 6.54 Å². The highest BCUT2D eigenvalue weighted by molar-refractivity contribution is 5.96. The monoisotopic (exact) mass is 356 g/mol. The van der Waals surface area contributed by atoms with Crippen LogP contribution in [0.3, 0.4) is 0 Å². The summed E-state index contributed by atoms with van der Waals surface area (Å²) in [5.74, 6) is -1.00. The van der Waals surface area contributed by atoms with Crippen molar-refractivity contribution in [2.24, 2.45) is 0 Å². The SMILES string of the molecule is CC(=O)c1ccc(NC(=O)CN(CCc2ccccc2F)C(C)=O)cc1. The van der Waals surface area contributed by atoms with Crippen molar-refractivity contribution in [3.63, 3.8) is 0 Å². The van der Waals surface area contributed by atoms with E-state index in [1.165, 1.54) is 24.8 Å². The van der Waals surface area contributed by atoms with Crippen LogP contribution in [-0.4, -0.2) is 35.6 Å². The van der Waals surface area contributed by atoms with E-state index in [2.05, 4.69) is 5.32 Å². The van der Waals surface area contributed by atoms with E-state index in [1.807, 2.05) is 0 Å². The van der Waals surface area contributed by atoms with Gasteiger partial charge in [-0.2, -0.15) is 0 Å². The van der Waals surface area contributed by atoms with Crippen molar-refractivity contribution in [1.82, 2.24) is 4.90 Å². The van der Waals surface area contributed by atoms with Crippen molar-refractivity contribution < 1.29 is 18.8 Å². The van der Waals surface area contributed by atoms with Crippen molar-refractivity contribution in [1.29, 1.82) is 0 Å². The third kappa shape index (κ3) is 5.51. The van der Waals surface area contributed by atoms with E-state index in [0.29, 0.717) is 23.2 Å². The molecule has 2 aromatic rings. The number of ketones is 1. The van der Waals surface area contributed by atoms with Crippen molar-refractivity contribution in [3.05, 3.63) is 65.5 Å². The lowest BCUT2D eigenvalue weighted by atomic mass is 10.1. The number of halogens is 1. The topological polar surface area (TPSA) is 66.5 Å². The summed E-state index contributed by atoms with van der Waals surface area (Å²) in [6.07, 6.45) is 0.326. The Labute approximate surface area is 151 Å². The van der Waals surface area contributed by atoms with Crippen LogP contribution < -0.4 is 5.32 Å². The standard InChI is InChI=1S/C20H21FN2O3/c1-14(24)16-7-9-18(10-8-16)22-20(26)13-23(15(2)25)12-11-17-5-3-4-6-19(17)21/h3-10H,11-13H2,1-2H3,(H,22,26). The first-order chi connectivity index (χ1) is 12.4. The van der Waals surface area contributed by atoms with Gasteiger partial charge in [0.1, 0.15) is 5.82 Å². The second-order valence-corrected chi connectivity index (χ2v) is 5.96. The lowest BCUT2D eigenvalue weighted by Crippen LogP contribution is -2.38. The fourth-order valence-electron chi connectivity index (χ4n) is 2.47. The Kier molecular flexibility index (Phi) is 6.60. The molecule has 0 saturated heterocycles. The van der Waals surface area contributed by atoms with Crippen molar-refractivity contribution in [2.75, 3.05) is 18.4 Å². The summed E-state index contributed by atoms with van der Waals surface area (Å²) in [5, 5.41) is 2.68. The molecule has 0 atom stereocenters. The second kappa shape index (κ2) is 8.89. The van der Waals surface area contributed by atoms with Crippen LogP contribution in [0.4, 0.5) is 10.1 Å². The van der Waals surface area contributed by atoms with Gasteiger partial charge >= 0.3 is 0 Å². The molecular formula is C20H21FN2O3. The number of carbonyl (C=O) groups excluding carboxylic acids is 3. The molecule has 2 amide bonds. The molecule has 0 aliphatic carbocycles. The summed E-state index contributed by atoms with van der Waals surface area (Å²) in [7, 11) is 0. The van der Waals surface area contributed by atoms with Crippen LogP contribution in [0.2, 0.25) is 0 Å². The number of anilines is 1. The normalized spacial score (nSPS) is 10.3. The number of hydrogen-bond donors (Lipinski definition) is 1. The number of nitrogens with zero attached hydrogens (tertiary/aromatic N) is 1. The maximum absolute atomic E-state index is 13.7. The van der Waals surface area contributed by atoms with Gasteiger partial charge in [-0.25, -0.2) is 4.39 Å². The molecule has 0 heterocycles. The summed E-state index contributed by atoms with van der Waals surface area (Å²) in [6, 6.07) is 12.9. The molecule has 0 radical (unpaired) electrons. The predicted molar refractivity (Wildman–Crippen MR) is 97.4 cm³/mol. The minimum atomic E-state index is -0.357. The minimum Gasteiger partial charge on any atom is -0.333 e. The molecule has 0 bridgehead atoms. The van der Waals surface area contributed by atoms with Gasteiger partial charge in [-0.05, 0) is 49.2 Å². The number of Topliss-reactive ketones (excluding diaryl/α,β-unsaturated/α-hetero) is 1. The zero-order valence-electron chi connectivity index (χ0n) is 14.8. The number of benzene rings is 2. The molecular weight excluding hydrogens is 335 g/mol. The minimum absolute atomic E-state index is 0.0567. The first-order valence-electron chi connectivity index (χ1n) is 8.26. The highest BCUT2D eigenvalue weighted by Gasteiger charge is 2.15. The highest BCUT2D eigenvalue weighted by Crippen LogP contribution is 2.11. The summed E-state index contributed by atoms with van der Waals surface area (Å²) in [5.41, 5.74) is 1.59. The van der Waals surface area contributed by atoms with Crippen molar-refractivity contribution >= 4 is 23.3 Å². The van der Waals surface area contributed by atoms with Gasteiger partial charge < -0.3 is 10.2 Å². The van der Waals surface area contributed by atoms with E-state index in [-0.39, 0.29) is 36.5 Å². The lowest BCUT2D eigenvalue weighted by Gasteiger charge is -2.20. The fraction of sp³-hybridized carbons (Fsp3) is 0.250. The van der Waals surface area contributed by atoms with Crippen molar-refractivity contribution in [2.45, 2.75) is 20.3 Å². The summed E-state index contributed by atoms with van der Waals surface area (Å²) < 4.78 is 13.7. The van der Waals surface area contributed by atoms with Crippen molar-refractivity contribution in [3.8, 4) is 0 Å². The first kappa shape index (κ1) is 19.3. The van der Waals surface area contributed by atoms with Gasteiger partial charge in [-0.1, -0.05) is 18.2 Å². The molecule has 26 heavy (non-hydrogen) atoms. The molecule has 6 heteroatoms. The quantitative estimate of drug-likeness (QED) is 0.776. The molecule has 136 valence electrons. The van der Waals surface area contributed by atoms with E-state index in [9.17, 15) is 18.8 Å². The van der Waals surface area contributed by atoms with Crippen LogP contribution in [0.15, 0.2) is 48.5 Å². The second-order valence-electron chi connectivity index (χ2n) is 5.96. The van der Waals surface area contributed by atoms with Gasteiger partial charge in [0, 0.05) is 24.7 Å². The Balaban J connectivity index is 1.94. The van der Waals surface area contributed by atoms with Gasteiger partial charge in [0.2, 0.25) is 11.8 Å². The average Bonchev–Trinajstić information content (AvgIpc) is 2.60. The Morgan fingerprint density at radius 1 is 1.00 bits per heavy atom. The number of rotatable bonds is 7. The van der Waals surface area contributed by atoms with Crippen LogP contribution in [0, 0.1) is 5.82 Å². The molecule has 5 nitrogen and oxygen atoms in total. The molecule has 0 aromatic heterocycles. The molecule has 1 N–H and O–H groups in total. The summed E-state index contributed by atoms with van der Waals surface area (Å²) in [4.78, 5) is 36.6. The molecule has 0 aliphatic rings. The van der Waals surface area contributed by atoms with Crippen LogP contribution in [0.25, 0.3) is 0 Å². The Morgan fingerprint density at radius 3 is 2.23 bits per heavy atom. The highest BCUT2D eigenvalue weighted by atomic mass is 19.1. The number of nitrogens with one attached hydrogen (secondary N) is 1. The third-order valence-corrected chi connectivity index (χ3v) is 3.96. The molecule has 0 aliphatic heterocycles. The first-order valence-corrected chi connectivity index (χ1v) is 8.26. The van der Waals surface area contributed by atoms with Gasteiger partial charge in [-0.3, -0.25) is 14.4 Å². The molecule has 0 fully saturated rings. The Morgan fingerprint density at radius 2 is 1.65 bits per heavy atom. The average molecular weight is 356 g/mol.